The van der Waals surface area contributed by atoms with Gasteiger partial charge in [-0.05, 0) is 82.1 Å². The Morgan fingerprint density at radius 2 is 1.42 bits per heavy atom. The van der Waals surface area contributed by atoms with Gasteiger partial charge in [0, 0.05) is 18.5 Å². The molecular formula is C36H40FN3O4S. The summed E-state index contributed by atoms with van der Waals surface area (Å²) in [6.45, 7) is 8.91. The van der Waals surface area contributed by atoms with E-state index in [1.807, 2.05) is 89.2 Å². The highest BCUT2D eigenvalue weighted by Crippen LogP contribution is 2.26. The van der Waals surface area contributed by atoms with E-state index in [-0.39, 0.29) is 29.5 Å². The van der Waals surface area contributed by atoms with Gasteiger partial charge in [-0.3, -0.25) is 13.9 Å². The van der Waals surface area contributed by atoms with Crippen molar-refractivity contribution in [3.63, 3.8) is 0 Å². The summed E-state index contributed by atoms with van der Waals surface area (Å²) in [5, 5.41) is 3.02. The maximum atomic E-state index is 14.5. The van der Waals surface area contributed by atoms with Crippen LogP contribution in [0, 0.1) is 19.7 Å². The Balaban J connectivity index is 1.81. The fraction of sp³-hybridized carbons (Fsp3) is 0.278. The van der Waals surface area contributed by atoms with Gasteiger partial charge in [0.2, 0.25) is 11.8 Å². The Bertz CT molecular complexity index is 1720. The van der Waals surface area contributed by atoms with Crippen LogP contribution in [-0.4, -0.2) is 43.3 Å². The van der Waals surface area contributed by atoms with E-state index in [9.17, 15) is 22.4 Å². The summed E-state index contributed by atoms with van der Waals surface area (Å²) >= 11 is 0. The summed E-state index contributed by atoms with van der Waals surface area (Å²) in [5.74, 6) is -1.49. The van der Waals surface area contributed by atoms with Crippen molar-refractivity contribution < 1.29 is 22.4 Å². The van der Waals surface area contributed by atoms with Crippen LogP contribution in [0.25, 0.3) is 0 Å². The van der Waals surface area contributed by atoms with E-state index in [1.165, 1.54) is 17.0 Å². The minimum atomic E-state index is -4.31. The molecule has 0 fully saturated rings. The first-order valence-corrected chi connectivity index (χ1v) is 16.2. The molecule has 0 aliphatic rings. The molecule has 1 unspecified atom stereocenters. The van der Waals surface area contributed by atoms with Gasteiger partial charge in [-0.1, -0.05) is 77.9 Å². The molecule has 2 amide bonds. The summed E-state index contributed by atoms with van der Waals surface area (Å²) in [5.41, 5.74) is 3.23. The lowest BCUT2D eigenvalue weighted by Gasteiger charge is -2.35. The third-order valence-electron chi connectivity index (χ3n) is 7.21. The first-order valence-electron chi connectivity index (χ1n) is 14.8. The second-order valence-corrected chi connectivity index (χ2v) is 14.1. The number of carbonyl (C=O) groups is 2. The molecule has 45 heavy (non-hydrogen) atoms. The summed E-state index contributed by atoms with van der Waals surface area (Å²) < 4.78 is 42.8. The molecule has 0 heterocycles. The molecule has 0 radical (unpaired) electrons. The number of hydrogen-bond acceptors (Lipinski definition) is 4. The average Bonchev–Trinajstić information content (AvgIpc) is 2.98. The highest BCUT2D eigenvalue weighted by atomic mass is 32.2. The van der Waals surface area contributed by atoms with Crippen molar-refractivity contribution in [2.24, 2.45) is 0 Å². The van der Waals surface area contributed by atoms with E-state index in [0.29, 0.717) is 0 Å². The zero-order valence-electron chi connectivity index (χ0n) is 26.3. The Morgan fingerprint density at radius 1 is 0.800 bits per heavy atom. The number of anilines is 1. The zero-order valence-corrected chi connectivity index (χ0v) is 27.1. The van der Waals surface area contributed by atoms with E-state index < -0.39 is 39.9 Å². The van der Waals surface area contributed by atoms with Crippen LogP contribution in [-0.2, 0) is 32.6 Å². The largest absolute Gasteiger partial charge is 0.350 e. The fourth-order valence-corrected chi connectivity index (χ4v) is 6.40. The molecule has 4 aromatic rings. The third-order valence-corrected chi connectivity index (χ3v) is 9.00. The van der Waals surface area contributed by atoms with Gasteiger partial charge in [-0.2, -0.15) is 0 Å². The van der Waals surface area contributed by atoms with Crippen molar-refractivity contribution in [3.8, 4) is 0 Å². The number of hydrogen-bond donors (Lipinski definition) is 1. The Kier molecular flexibility index (Phi) is 10.4. The van der Waals surface area contributed by atoms with Crippen molar-refractivity contribution >= 4 is 27.5 Å². The molecule has 236 valence electrons. The number of aryl methyl sites for hydroxylation is 2. The molecule has 0 aliphatic heterocycles. The lowest BCUT2D eigenvalue weighted by Crippen LogP contribution is -2.56. The number of carbonyl (C=O) groups excluding carboxylic acids is 2. The van der Waals surface area contributed by atoms with Gasteiger partial charge in [0.1, 0.15) is 18.4 Å². The molecule has 7 nitrogen and oxygen atoms in total. The summed E-state index contributed by atoms with van der Waals surface area (Å²) in [6, 6.07) is 27.3. The first kappa shape index (κ1) is 33.4. The summed E-state index contributed by atoms with van der Waals surface area (Å²) in [6.07, 6.45) is 0.218. The minimum Gasteiger partial charge on any atom is -0.350 e. The molecule has 0 aromatic heterocycles. The Labute approximate surface area is 265 Å². The number of nitrogens with one attached hydrogen (secondary N) is 1. The molecule has 0 aliphatic carbocycles. The molecular weight excluding hydrogens is 589 g/mol. The summed E-state index contributed by atoms with van der Waals surface area (Å²) in [7, 11) is -4.31. The van der Waals surface area contributed by atoms with E-state index >= 15 is 0 Å². The normalized spacial score (nSPS) is 12.3. The highest BCUT2D eigenvalue weighted by molar-refractivity contribution is 7.92. The molecule has 9 heteroatoms. The lowest BCUT2D eigenvalue weighted by atomic mass is 10.0. The van der Waals surface area contributed by atoms with Gasteiger partial charge in [0.05, 0.1) is 10.6 Å². The summed E-state index contributed by atoms with van der Waals surface area (Å²) in [4.78, 5) is 29.7. The maximum absolute atomic E-state index is 14.5. The highest BCUT2D eigenvalue weighted by Gasteiger charge is 2.35. The zero-order chi connectivity index (χ0) is 32.8. The second kappa shape index (κ2) is 14.1. The molecule has 0 saturated carbocycles. The second-order valence-electron chi connectivity index (χ2n) is 12.3. The predicted octanol–water partition coefficient (Wildman–Crippen LogP) is 6.19. The molecule has 4 rings (SSSR count). The smallest absolute Gasteiger partial charge is 0.264 e. The van der Waals surface area contributed by atoms with Crippen LogP contribution in [0.15, 0.2) is 108 Å². The van der Waals surface area contributed by atoms with Crippen molar-refractivity contribution in [2.45, 2.75) is 64.1 Å². The van der Waals surface area contributed by atoms with Crippen LogP contribution in [0.5, 0.6) is 0 Å². The van der Waals surface area contributed by atoms with E-state index in [2.05, 4.69) is 5.32 Å². The molecule has 0 spiro atoms. The van der Waals surface area contributed by atoms with E-state index in [1.54, 1.807) is 24.3 Å². The number of rotatable bonds is 11. The number of halogens is 1. The average molecular weight is 630 g/mol. The van der Waals surface area contributed by atoms with Gasteiger partial charge >= 0.3 is 0 Å². The standard InChI is InChI=1S/C36H40FN3O4S/c1-26-14-18-31(19-15-26)40(45(43,44)32-20-16-30(37)17-21-32)25-34(41)39(24-29-13-9-10-27(2)22-29)33(35(42)38-36(3,4)5)23-28-11-7-6-8-12-28/h6-22,33H,23-25H2,1-5H3,(H,38,42). The number of benzene rings is 4. The number of amides is 2. The van der Waals surface area contributed by atoms with E-state index in [4.69, 9.17) is 0 Å². The van der Waals surface area contributed by atoms with Crippen molar-refractivity contribution in [2.75, 3.05) is 10.8 Å². The first-order chi connectivity index (χ1) is 21.2. The fourth-order valence-electron chi connectivity index (χ4n) is 4.99. The van der Waals surface area contributed by atoms with Crippen LogP contribution >= 0.6 is 0 Å². The van der Waals surface area contributed by atoms with Crippen molar-refractivity contribution in [1.29, 1.82) is 0 Å². The third kappa shape index (κ3) is 9.01. The molecule has 1 N–H and O–H groups in total. The van der Waals surface area contributed by atoms with Crippen molar-refractivity contribution in [3.05, 3.63) is 131 Å². The lowest BCUT2D eigenvalue weighted by molar-refractivity contribution is -0.140. The van der Waals surface area contributed by atoms with Gasteiger partial charge in [0.25, 0.3) is 10.0 Å². The maximum Gasteiger partial charge on any atom is 0.264 e. The van der Waals surface area contributed by atoms with Gasteiger partial charge < -0.3 is 10.2 Å². The monoisotopic (exact) mass is 629 g/mol. The van der Waals surface area contributed by atoms with Crippen LogP contribution in [0.3, 0.4) is 0 Å². The predicted molar refractivity (Wildman–Crippen MR) is 176 cm³/mol. The van der Waals surface area contributed by atoms with Crippen LogP contribution in [0.1, 0.15) is 43.0 Å². The Morgan fingerprint density at radius 3 is 2.02 bits per heavy atom. The molecule has 0 bridgehead atoms. The SMILES string of the molecule is Cc1ccc(N(CC(=O)N(Cc2cccc(C)c2)C(Cc2ccccc2)C(=O)NC(C)(C)C)S(=O)(=O)c2ccc(F)cc2)cc1. The topological polar surface area (TPSA) is 86.8 Å². The minimum absolute atomic E-state index is 0.0773. The van der Waals surface area contributed by atoms with Crippen LogP contribution in [0.4, 0.5) is 10.1 Å². The quantitative estimate of drug-likeness (QED) is 0.214. The molecule has 0 saturated heterocycles. The molecule has 1 atom stereocenters. The van der Waals surface area contributed by atoms with Gasteiger partial charge in [0.15, 0.2) is 0 Å². The number of nitrogens with zero attached hydrogens (tertiary/aromatic N) is 2. The van der Waals surface area contributed by atoms with Gasteiger partial charge in [-0.15, -0.1) is 0 Å². The Hall–Kier alpha value is -4.50. The van der Waals surface area contributed by atoms with Crippen LogP contribution < -0.4 is 9.62 Å². The van der Waals surface area contributed by atoms with Crippen molar-refractivity contribution in [1.82, 2.24) is 10.2 Å². The number of sulfonamides is 1. The molecule has 4 aromatic carbocycles. The van der Waals surface area contributed by atoms with Gasteiger partial charge in [-0.25, -0.2) is 12.8 Å². The van der Waals surface area contributed by atoms with Crippen LogP contribution in [0.2, 0.25) is 0 Å². The van der Waals surface area contributed by atoms with E-state index in [0.717, 1.165) is 38.7 Å².